The molecule has 0 aromatic heterocycles. The average Bonchev–Trinajstić information content (AvgIpc) is 2.56. The first-order valence-electron chi connectivity index (χ1n) is 7.04. The van der Waals surface area contributed by atoms with E-state index in [0.717, 1.165) is 0 Å². The van der Waals surface area contributed by atoms with Crippen LogP contribution in [0.3, 0.4) is 0 Å². The van der Waals surface area contributed by atoms with Crippen molar-refractivity contribution >= 4 is 23.2 Å². The van der Waals surface area contributed by atoms with Gasteiger partial charge in [0.05, 0.1) is 11.5 Å². The summed E-state index contributed by atoms with van der Waals surface area (Å²) >= 11 is 5.75. The van der Waals surface area contributed by atoms with E-state index < -0.39 is 4.92 Å². The number of rotatable bonds is 6. The highest BCUT2D eigenvalue weighted by molar-refractivity contribution is 6.30. The van der Waals surface area contributed by atoms with Crippen LogP contribution in [0.4, 0.5) is 5.69 Å². The molecule has 7 nitrogen and oxygen atoms in total. The zero-order valence-electron chi connectivity index (χ0n) is 12.7. The summed E-state index contributed by atoms with van der Waals surface area (Å²) in [6.07, 6.45) is 0. The van der Waals surface area contributed by atoms with E-state index in [-0.39, 0.29) is 35.0 Å². The van der Waals surface area contributed by atoms with Crippen LogP contribution in [0.1, 0.15) is 17.3 Å². The van der Waals surface area contributed by atoms with Gasteiger partial charge in [-0.2, -0.15) is 0 Å². The Kier molecular flexibility index (Phi) is 5.73. The number of nitrogens with zero attached hydrogens (tertiary/aromatic N) is 1. The van der Waals surface area contributed by atoms with Crippen LogP contribution in [0.2, 0.25) is 5.02 Å². The molecule has 1 atom stereocenters. The molecule has 0 aliphatic carbocycles. The van der Waals surface area contributed by atoms with Crippen LogP contribution in [0.5, 0.6) is 11.5 Å². The normalized spacial score (nSPS) is 11.6. The van der Waals surface area contributed by atoms with E-state index in [9.17, 15) is 14.9 Å². The Morgan fingerprint density at radius 2 is 2.00 bits per heavy atom. The predicted octanol–water partition coefficient (Wildman–Crippen LogP) is 3.15. The van der Waals surface area contributed by atoms with Gasteiger partial charge in [-0.1, -0.05) is 11.6 Å². The van der Waals surface area contributed by atoms with E-state index in [4.69, 9.17) is 21.4 Å². The van der Waals surface area contributed by atoms with Gasteiger partial charge < -0.3 is 15.2 Å². The SMILES string of the molecule is CC(CO)NC(=O)c1ccc(Oc2ccc(Cl)cc2[N+](=O)[O-])cc1. The summed E-state index contributed by atoms with van der Waals surface area (Å²) in [5, 5.41) is 22.8. The maximum atomic E-state index is 11.9. The molecule has 0 spiro atoms. The number of aliphatic hydroxyl groups excluding tert-OH is 1. The third kappa shape index (κ3) is 4.43. The first-order valence-corrected chi connectivity index (χ1v) is 7.42. The Labute approximate surface area is 143 Å². The second-order valence-corrected chi connectivity index (χ2v) is 5.49. The molecule has 8 heteroatoms. The van der Waals surface area contributed by atoms with Crippen molar-refractivity contribution < 1.29 is 19.6 Å². The van der Waals surface area contributed by atoms with Crippen molar-refractivity contribution in [3.63, 3.8) is 0 Å². The van der Waals surface area contributed by atoms with E-state index >= 15 is 0 Å². The Bertz CT molecular complexity index is 749. The minimum absolute atomic E-state index is 0.0514. The lowest BCUT2D eigenvalue weighted by molar-refractivity contribution is -0.385. The summed E-state index contributed by atoms with van der Waals surface area (Å²) in [5.41, 5.74) is 0.134. The molecule has 2 aromatic carbocycles. The monoisotopic (exact) mass is 350 g/mol. The first kappa shape index (κ1) is 17.7. The molecule has 126 valence electrons. The van der Waals surface area contributed by atoms with Gasteiger partial charge in [-0.15, -0.1) is 0 Å². The number of amides is 1. The number of carbonyl (C=O) groups is 1. The van der Waals surface area contributed by atoms with Gasteiger partial charge in [-0.25, -0.2) is 0 Å². The summed E-state index contributed by atoms with van der Waals surface area (Å²) in [4.78, 5) is 22.3. The number of nitro benzene ring substituents is 1. The number of ether oxygens (including phenoxy) is 1. The highest BCUT2D eigenvalue weighted by Crippen LogP contribution is 2.33. The molecule has 0 fully saturated rings. The maximum absolute atomic E-state index is 11.9. The highest BCUT2D eigenvalue weighted by atomic mass is 35.5. The summed E-state index contributed by atoms with van der Waals surface area (Å²) in [6, 6.07) is 9.84. The molecule has 0 bridgehead atoms. The topological polar surface area (TPSA) is 102 Å². The molecule has 0 radical (unpaired) electrons. The van der Waals surface area contributed by atoms with Crippen molar-refractivity contribution in [2.75, 3.05) is 6.61 Å². The summed E-state index contributed by atoms with van der Waals surface area (Å²) < 4.78 is 5.49. The van der Waals surface area contributed by atoms with Crippen molar-refractivity contribution in [1.29, 1.82) is 0 Å². The van der Waals surface area contributed by atoms with Gasteiger partial charge in [0.1, 0.15) is 5.75 Å². The smallest absolute Gasteiger partial charge is 0.313 e. The number of aliphatic hydroxyl groups is 1. The van der Waals surface area contributed by atoms with Crippen LogP contribution >= 0.6 is 11.6 Å². The number of benzene rings is 2. The Hall–Kier alpha value is -2.64. The molecular weight excluding hydrogens is 336 g/mol. The third-order valence-corrected chi connectivity index (χ3v) is 3.35. The molecular formula is C16H15ClN2O5. The van der Waals surface area contributed by atoms with Crippen molar-refractivity contribution in [3.05, 3.63) is 63.2 Å². The largest absolute Gasteiger partial charge is 0.450 e. The molecule has 0 aliphatic rings. The van der Waals surface area contributed by atoms with Crippen molar-refractivity contribution in [2.45, 2.75) is 13.0 Å². The lowest BCUT2D eigenvalue weighted by Crippen LogP contribution is -2.34. The minimum Gasteiger partial charge on any atom is -0.450 e. The molecule has 2 rings (SSSR count). The standard InChI is InChI=1S/C16H15ClN2O5/c1-10(9-20)18-16(21)11-2-5-13(6-3-11)24-15-7-4-12(17)8-14(15)19(22)23/h2-8,10,20H,9H2,1H3,(H,18,21). The van der Waals surface area contributed by atoms with Crippen molar-refractivity contribution in [2.24, 2.45) is 0 Å². The van der Waals surface area contributed by atoms with Crippen LogP contribution in [0.15, 0.2) is 42.5 Å². The quantitative estimate of drug-likeness (QED) is 0.615. The molecule has 24 heavy (non-hydrogen) atoms. The van der Waals surface area contributed by atoms with Crippen LogP contribution in [0, 0.1) is 10.1 Å². The first-order chi connectivity index (χ1) is 11.4. The minimum atomic E-state index is -0.584. The fourth-order valence-corrected chi connectivity index (χ4v) is 2.04. The number of carbonyl (C=O) groups excluding carboxylic acids is 1. The molecule has 2 N–H and O–H groups in total. The third-order valence-electron chi connectivity index (χ3n) is 3.11. The van der Waals surface area contributed by atoms with Gasteiger partial charge in [0.2, 0.25) is 5.75 Å². The van der Waals surface area contributed by atoms with Crippen LogP contribution in [-0.4, -0.2) is 28.6 Å². The van der Waals surface area contributed by atoms with Crippen LogP contribution in [0.25, 0.3) is 0 Å². The van der Waals surface area contributed by atoms with Gasteiger partial charge in [0.25, 0.3) is 5.91 Å². The molecule has 0 heterocycles. The van der Waals surface area contributed by atoms with E-state index in [1.165, 1.54) is 42.5 Å². The lowest BCUT2D eigenvalue weighted by atomic mass is 10.2. The second-order valence-electron chi connectivity index (χ2n) is 5.05. The van der Waals surface area contributed by atoms with Gasteiger partial charge in [-0.3, -0.25) is 14.9 Å². The zero-order chi connectivity index (χ0) is 17.7. The van der Waals surface area contributed by atoms with Crippen molar-refractivity contribution in [3.8, 4) is 11.5 Å². The Balaban J connectivity index is 2.15. The number of halogens is 1. The number of nitrogens with one attached hydrogen (secondary N) is 1. The molecule has 0 saturated heterocycles. The molecule has 1 unspecified atom stereocenters. The van der Waals surface area contributed by atoms with E-state index in [1.54, 1.807) is 6.92 Å². The van der Waals surface area contributed by atoms with Gasteiger partial charge in [0.15, 0.2) is 0 Å². The summed E-state index contributed by atoms with van der Waals surface area (Å²) in [7, 11) is 0. The van der Waals surface area contributed by atoms with E-state index in [1.807, 2.05) is 0 Å². The fourth-order valence-electron chi connectivity index (χ4n) is 1.87. The van der Waals surface area contributed by atoms with Gasteiger partial charge in [-0.05, 0) is 43.3 Å². The molecule has 0 aliphatic heterocycles. The predicted molar refractivity (Wildman–Crippen MR) is 88.6 cm³/mol. The second kappa shape index (κ2) is 7.76. The van der Waals surface area contributed by atoms with Crippen LogP contribution < -0.4 is 10.1 Å². The maximum Gasteiger partial charge on any atom is 0.313 e. The number of hydrogen-bond acceptors (Lipinski definition) is 5. The Morgan fingerprint density at radius 1 is 1.33 bits per heavy atom. The molecule has 0 saturated carbocycles. The average molecular weight is 351 g/mol. The fraction of sp³-hybridized carbons (Fsp3) is 0.188. The zero-order valence-corrected chi connectivity index (χ0v) is 13.5. The highest BCUT2D eigenvalue weighted by Gasteiger charge is 2.17. The Morgan fingerprint density at radius 3 is 2.58 bits per heavy atom. The van der Waals surface area contributed by atoms with Crippen LogP contribution in [-0.2, 0) is 0 Å². The molecule has 1 amide bonds. The van der Waals surface area contributed by atoms with Gasteiger partial charge >= 0.3 is 5.69 Å². The lowest BCUT2D eigenvalue weighted by Gasteiger charge is -2.11. The summed E-state index contributed by atoms with van der Waals surface area (Å²) in [5.74, 6) is 0.0586. The molecule has 2 aromatic rings. The number of nitro groups is 1. The number of hydrogen-bond donors (Lipinski definition) is 2. The van der Waals surface area contributed by atoms with Gasteiger partial charge in [0, 0.05) is 22.7 Å². The van der Waals surface area contributed by atoms with E-state index in [0.29, 0.717) is 11.3 Å². The van der Waals surface area contributed by atoms with Crippen molar-refractivity contribution in [1.82, 2.24) is 5.32 Å². The van der Waals surface area contributed by atoms with E-state index in [2.05, 4.69) is 5.32 Å². The summed E-state index contributed by atoms with van der Waals surface area (Å²) in [6.45, 7) is 1.52.